The van der Waals surface area contributed by atoms with E-state index in [9.17, 15) is 14.0 Å². The van der Waals surface area contributed by atoms with Gasteiger partial charge in [-0.1, -0.05) is 0 Å². The molecule has 2 aliphatic rings. The number of amides is 2. The van der Waals surface area contributed by atoms with Gasteiger partial charge >= 0.3 is 0 Å². The maximum atomic E-state index is 13.5. The molecule has 5 nitrogen and oxygen atoms in total. The maximum absolute atomic E-state index is 13.5. The molecule has 1 N–H and O–H groups in total. The largest absolute Gasteiger partial charge is 0.496 e. The molecule has 3 rings (SSSR count). The first kappa shape index (κ1) is 17.7. The van der Waals surface area contributed by atoms with Crippen molar-refractivity contribution in [2.75, 3.05) is 20.2 Å². The van der Waals surface area contributed by atoms with Crippen LogP contribution in [-0.4, -0.2) is 36.9 Å². The number of likely N-dealkylation sites (tertiary alicyclic amines) is 1. The second-order valence-electron chi connectivity index (χ2n) is 7.01. The van der Waals surface area contributed by atoms with Crippen molar-refractivity contribution < 1.29 is 18.7 Å². The number of hydrogen-bond acceptors (Lipinski definition) is 3. The van der Waals surface area contributed by atoms with Crippen molar-refractivity contribution in [3.63, 3.8) is 0 Å². The molecule has 2 fully saturated rings. The Kier molecular flexibility index (Phi) is 5.25. The lowest BCUT2D eigenvalue weighted by molar-refractivity contribution is -0.137. The van der Waals surface area contributed by atoms with Gasteiger partial charge in [-0.3, -0.25) is 9.59 Å². The van der Waals surface area contributed by atoms with Crippen LogP contribution in [0.15, 0.2) is 18.2 Å². The van der Waals surface area contributed by atoms with Gasteiger partial charge in [0, 0.05) is 24.6 Å². The molecule has 0 bridgehead atoms. The number of methoxy groups -OCH3 is 1. The fraction of sp³-hybridized carbons (Fsp3) is 0.579. The molecule has 1 aliphatic carbocycles. The molecule has 1 heterocycles. The van der Waals surface area contributed by atoms with Gasteiger partial charge in [-0.15, -0.1) is 0 Å². The van der Waals surface area contributed by atoms with E-state index >= 15 is 0 Å². The van der Waals surface area contributed by atoms with Crippen molar-refractivity contribution in [1.29, 1.82) is 0 Å². The van der Waals surface area contributed by atoms with Gasteiger partial charge in [0.2, 0.25) is 11.8 Å². The predicted molar refractivity (Wildman–Crippen MR) is 91.5 cm³/mol. The molecular formula is C19H25FN2O3. The zero-order valence-corrected chi connectivity index (χ0v) is 14.8. The van der Waals surface area contributed by atoms with E-state index < -0.39 is 0 Å². The fourth-order valence-corrected chi connectivity index (χ4v) is 3.43. The quantitative estimate of drug-likeness (QED) is 0.890. The van der Waals surface area contributed by atoms with Crippen LogP contribution in [-0.2, 0) is 9.59 Å². The zero-order chi connectivity index (χ0) is 18.0. The first-order chi connectivity index (χ1) is 12.0. The van der Waals surface area contributed by atoms with E-state index in [-0.39, 0.29) is 35.5 Å². The molecule has 2 atom stereocenters. The van der Waals surface area contributed by atoms with Crippen LogP contribution < -0.4 is 10.1 Å². The molecule has 1 aliphatic heterocycles. The number of carbonyl (C=O) groups excluding carboxylic acids is 2. The highest BCUT2D eigenvalue weighted by Gasteiger charge is 2.36. The van der Waals surface area contributed by atoms with Crippen molar-refractivity contribution in [3.8, 4) is 5.75 Å². The Balaban J connectivity index is 1.63. The standard InChI is InChI=1S/C19H25FN2O3/c1-12(16-10-15(20)7-8-17(16)25-2)21-18(23)14-4-3-9-22(11-14)19(24)13-5-6-13/h7-8,10,12-14H,3-6,9,11H2,1-2H3,(H,21,23)/t12-,14+/m1/s1. The van der Waals surface area contributed by atoms with Gasteiger partial charge in [0.15, 0.2) is 0 Å². The van der Waals surface area contributed by atoms with Gasteiger partial charge in [0.1, 0.15) is 11.6 Å². The molecule has 136 valence electrons. The lowest BCUT2D eigenvalue weighted by Gasteiger charge is -2.33. The molecule has 0 radical (unpaired) electrons. The highest BCUT2D eigenvalue weighted by molar-refractivity contribution is 5.83. The van der Waals surface area contributed by atoms with Gasteiger partial charge < -0.3 is 15.0 Å². The number of hydrogen-bond donors (Lipinski definition) is 1. The van der Waals surface area contributed by atoms with E-state index in [0.717, 1.165) is 32.2 Å². The minimum absolute atomic E-state index is 0.0906. The number of nitrogens with zero attached hydrogens (tertiary/aromatic N) is 1. The van der Waals surface area contributed by atoms with Crippen LogP contribution in [0.5, 0.6) is 5.75 Å². The Labute approximate surface area is 147 Å². The minimum atomic E-state index is -0.368. The molecule has 1 aromatic carbocycles. The normalized spacial score (nSPS) is 21.6. The summed E-state index contributed by atoms with van der Waals surface area (Å²) in [4.78, 5) is 26.7. The van der Waals surface area contributed by atoms with Gasteiger partial charge in [0.25, 0.3) is 0 Å². The molecule has 1 aromatic rings. The van der Waals surface area contributed by atoms with Crippen molar-refractivity contribution in [3.05, 3.63) is 29.6 Å². The molecule has 6 heteroatoms. The average molecular weight is 348 g/mol. The summed E-state index contributed by atoms with van der Waals surface area (Å²) < 4.78 is 18.8. The van der Waals surface area contributed by atoms with Crippen LogP contribution in [0.4, 0.5) is 4.39 Å². The molecule has 1 saturated carbocycles. The third-order valence-corrected chi connectivity index (χ3v) is 5.05. The highest BCUT2D eigenvalue weighted by atomic mass is 19.1. The van der Waals surface area contributed by atoms with E-state index in [1.54, 1.807) is 6.07 Å². The predicted octanol–water partition coefficient (Wildman–Crippen LogP) is 2.66. The van der Waals surface area contributed by atoms with Crippen LogP contribution in [0.1, 0.15) is 44.2 Å². The molecule has 0 spiro atoms. The number of rotatable bonds is 5. The molecular weight excluding hydrogens is 323 g/mol. The Morgan fingerprint density at radius 1 is 1.28 bits per heavy atom. The van der Waals surface area contributed by atoms with Gasteiger partial charge in [-0.25, -0.2) is 4.39 Å². The summed E-state index contributed by atoms with van der Waals surface area (Å²) in [5, 5.41) is 2.95. The maximum Gasteiger partial charge on any atom is 0.225 e. The molecule has 1 saturated heterocycles. The van der Waals surface area contributed by atoms with Crippen LogP contribution in [0.3, 0.4) is 0 Å². The van der Waals surface area contributed by atoms with Crippen LogP contribution in [0.2, 0.25) is 0 Å². The minimum Gasteiger partial charge on any atom is -0.496 e. The first-order valence-corrected chi connectivity index (χ1v) is 8.92. The molecule has 2 amide bonds. The van der Waals surface area contributed by atoms with Gasteiger partial charge in [0.05, 0.1) is 19.1 Å². The van der Waals surface area contributed by atoms with E-state index in [0.29, 0.717) is 17.9 Å². The summed E-state index contributed by atoms with van der Waals surface area (Å²) in [6.07, 6.45) is 3.56. The summed E-state index contributed by atoms with van der Waals surface area (Å²) >= 11 is 0. The number of piperidine rings is 1. The Hall–Kier alpha value is -2.11. The van der Waals surface area contributed by atoms with Gasteiger partial charge in [-0.2, -0.15) is 0 Å². The van der Waals surface area contributed by atoms with E-state index in [4.69, 9.17) is 4.74 Å². The summed E-state index contributed by atoms with van der Waals surface area (Å²) in [6, 6.07) is 3.91. The number of halogens is 1. The zero-order valence-electron chi connectivity index (χ0n) is 14.8. The third-order valence-electron chi connectivity index (χ3n) is 5.05. The van der Waals surface area contributed by atoms with Gasteiger partial charge in [-0.05, 0) is 50.8 Å². The number of ether oxygens (including phenoxy) is 1. The van der Waals surface area contributed by atoms with Crippen molar-refractivity contribution >= 4 is 11.8 Å². The third kappa shape index (κ3) is 4.11. The summed E-state index contributed by atoms with van der Waals surface area (Å²) in [7, 11) is 1.52. The Bertz CT molecular complexity index is 660. The summed E-state index contributed by atoms with van der Waals surface area (Å²) in [6.45, 7) is 3.03. The Morgan fingerprint density at radius 3 is 2.72 bits per heavy atom. The lowest BCUT2D eigenvalue weighted by Crippen LogP contribution is -2.46. The van der Waals surface area contributed by atoms with Crippen molar-refractivity contribution in [1.82, 2.24) is 10.2 Å². The molecule has 0 aromatic heterocycles. The summed E-state index contributed by atoms with van der Waals surface area (Å²) in [5.41, 5.74) is 0.609. The monoisotopic (exact) mass is 348 g/mol. The average Bonchev–Trinajstić information content (AvgIpc) is 3.46. The topological polar surface area (TPSA) is 58.6 Å². The van der Waals surface area contributed by atoms with E-state index in [1.165, 1.54) is 19.2 Å². The number of nitrogens with one attached hydrogen (secondary N) is 1. The number of benzene rings is 1. The first-order valence-electron chi connectivity index (χ1n) is 8.92. The van der Waals surface area contributed by atoms with E-state index in [2.05, 4.69) is 5.32 Å². The van der Waals surface area contributed by atoms with Crippen molar-refractivity contribution in [2.24, 2.45) is 11.8 Å². The molecule has 25 heavy (non-hydrogen) atoms. The van der Waals surface area contributed by atoms with E-state index in [1.807, 2.05) is 11.8 Å². The van der Waals surface area contributed by atoms with Crippen LogP contribution >= 0.6 is 0 Å². The highest BCUT2D eigenvalue weighted by Crippen LogP contribution is 2.33. The van der Waals surface area contributed by atoms with Crippen molar-refractivity contribution in [2.45, 2.75) is 38.6 Å². The molecule has 0 unspecified atom stereocenters. The summed E-state index contributed by atoms with van der Waals surface area (Å²) in [5.74, 6) is 0.249. The second kappa shape index (κ2) is 7.42. The Morgan fingerprint density at radius 2 is 2.04 bits per heavy atom. The van der Waals surface area contributed by atoms with Crippen LogP contribution in [0, 0.1) is 17.7 Å². The van der Waals surface area contributed by atoms with Crippen LogP contribution in [0.25, 0.3) is 0 Å². The fourth-order valence-electron chi connectivity index (χ4n) is 3.43. The number of carbonyl (C=O) groups is 2. The SMILES string of the molecule is COc1ccc(F)cc1[C@@H](C)NC(=O)[C@H]1CCCN(C(=O)C2CC2)C1. The lowest BCUT2D eigenvalue weighted by atomic mass is 9.96. The second-order valence-corrected chi connectivity index (χ2v) is 7.01. The smallest absolute Gasteiger partial charge is 0.225 e.